The number of hydrogen-bond acceptors (Lipinski definition) is 2. The zero-order valence-corrected chi connectivity index (χ0v) is 11.4. The fourth-order valence-electron chi connectivity index (χ4n) is 2.49. The molecule has 2 rings (SSSR count). The average Bonchev–Trinajstić information content (AvgIpc) is 2.29. The van der Waals surface area contributed by atoms with E-state index < -0.39 is 0 Å². The van der Waals surface area contributed by atoms with Gasteiger partial charge < -0.3 is 5.32 Å². The highest BCUT2D eigenvalue weighted by Crippen LogP contribution is 2.18. The smallest absolute Gasteiger partial charge is 0.0409 e. The lowest BCUT2D eigenvalue weighted by Gasteiger charge is -2.38. The van der Waals surface area contributed by atoms with Gasteiger partial charge in [0.2, 0.25) is 0 Å². The van der Waals surface area contributed by atoms with E-state index in [-0.39, 0.29) is 0 Å². The summed E-state index contributed by atoms with van der Waals surface area (Å²) in [5.41, 5.74) is 1.31. The van der Waals surface area contributed by atoms with Crippen molar-refractivity contribution >= 4 is 11.6 Å². The Balaban J connectivity index is 2.05. The van der Waals surface area contributed by atoms with Gasteiger partial charge in [0.15, 0.2) is 0 Å². The highest BCUT2D eigenvalue weighted by atomic mass is 35.5. The van der Waals surface area contributed by atoms with E-state index in [0.717, 1.165) is 31.2 Å². The summed E-state index contributed by atoms with van der Waals surface area (Å²) in [4.78, 5) is 2.56. The Hall–Kier alpha value is -0.570. The van der Waals surface area contributed by atoms with Gasteiger partial charge in [-0.2, -0.15) is 0 Å². The summed E-state index contributed by atoms with van der Waals surface area (Å²) in [6.45, 7) is 8.90. The van der Waals surface area contributed by atoms with Gasteiger partial charge in [0.25, 0.3) is 0 Å². The molecule has 1 fully saturated rings. The van der Waals surface area contributed by atoms with E-state index in [4.69, 9.17) is 11.6 Å². The van der Waals surface area contributed by atoms with E-state index in [9.17, 15) is 0 Å². The number of nitrogens with zero attached hydrogens (tertiary/aromatic N) is 1. The van der Waals surface area contributed by atoms with E-state index in [0.29, 0.717) is 12.0 Å². The summed E-state index contributed by atoms with van der Waals surface area (Å²) in [7, 11) is 0. The van der Waals surface area contributed by atoms with Gasteiger partial charge in [-0.15, -0.1) is 0 Å². The van der Waals surface area contributed by atoms with Gasteiger partial charge >= 0.3 is 0 Å². The highest BCUT2D eigenvalue weighted by Gasteiger charge is 2.24. The van der Waals surface area contributed by atoms with Crippen LogP contribution in [0.2, 0.25) is 5.02 Å². The molecule has 0 aromatic heterocycles. The summed E-state index contributed by atoms with van der Waals surface area (Å²) in [5, 5.41) is 4.31. The minimum atomic E-state index is 0.628. The molecule has 1 aromatic carbocycles. The Morgan fingerprint density at radius 3 is 3.00 bits per heavy atom. The van der Waals surface area contributed by atoms with Crippen molar-refractivity contribution in [2.75, 3.05) is 19.6 Å². The molecule has 0 spiro atoms. The van der Waals surface area contributed by atoms with Crippen LogP contribution in [0.1, 0.15) is 19.4 Å². The summed E-state index contributed by atoms with van der Waals surface area (Å²) >= 11 is 6.03. The topological polar surface area (TPSA) is 15.3 Å². The second-order valence-electron chi connectivity index (χ2n) is 5.12. The van der Waals surface area contributed by atoms with Gasteiger partial charge in [0, 0.05) is 37.2 Å². The summed E-state index contributed by atoms with van der Waals surface area (Å²) in [6.07, 6.45) is 0. The molecule has 0 saturated carbocycles. The van der Waals surface area contributed by atoms with Crippen LogP contribution in [0.25, 0.3) is 0 Å². The van der Waals surface area contributed by atoms with Crippen LogP contribution in [-0.4, -0.2) is 30.6 Å². The molecule has 1 aliphatic rings. The first-order chi connectivity index (χ1) is 8.16. The van der Waals surface area contributed by atoms with Crippen LogP contribution in [0.15, 0.2) is 24.3 Å². The number of halogens is 1. The molecule has 94 valence electrons. The molecule has 1 aliphatic heterocycles. The maximum Gasteiger partial charge on any atom is 0.0409 e. The lowest BCUT2D eigenvalue weighted by atomic mass is 10.00. The number of piperazine rings is 1. The maximum atomic E-state index is 6.03. The lowest BCUT2D eigenvalue weighted by Crippen LogP contribution is -2.52. The zero-order valence-electron chi connectivity index (χ0n) is 10.6. The van der Waals surface area contributed by atoms with Crippen LogP contribution in [0.5, 0.6) is 0 Å². The summed E-state index contributed by atoms with van der Waals surface area (Å²) in [6, 6.07) is 8.82. The van der Waals surface area contributed by atoms with Crippen molar-refractivity contribution in [2.24, 2.45) is 5.92 Å². The summed E-state index contributed by atoms with van der Waals surface area (Å²) in [5.74, 6) is 0.682. The molecule has 0 radical (unpaired) electrons. The Bertz CT molecular complexity index is 365. The van der Waals surface area contributed by atoms with Gasteiger partial charge in [0.05, 0.1) is 0 Å². The van der Waals surface area contributed by atoms with E-state index in [1.807, 2.05) is 12.1 Å². The average molecular weight is 253 g/mol. The van der Waals surface area contributed by atoms with Crippen LogP contribution in [-0.2, 0) is 6.54 Å². The van der Waals surface area contributed by atoms with Crippen LogP contribution in [0, 0.1) is 5.92 Å². The lowest BCUT2D eigenvalue weighted by molar-refractivity contribution is 0.117. The molecule has 3 heteroatoms. The van der Waals surface area contributed by atoms with Gasteiger partial charge in [-0.05, 0) is 23.6 Å². The molecule has 1 atom stereocenters. The second-order valence-corrected chi connectivity index (χ2v) is 5.55. The first-order valence-electron chi connectivity index (χ1n) is 6.36. The van der Waals surface area contributed by atoms with Gasteiger partial charge in [-0.3, -0.25) is 4.90 Å². The van der Waals surface area contributed by atoms with Crippen LogP contribution in [0.3, 0.4) is 0 Å². The standard InChI is InChI=1S/C14H21ClN2/c1-11(2)14-9-16-6-7-17(14)10-12-4-3-5-13(15)8-12/h3-5,8,11,14,16H,6-7,9-10H2,1-2H3. The molecule has 1 saturated heterocycles. The van der Waals surface area contributed by atoms with E-state index >= 15 is 0 Å². The predicted octanol–water partition coefficient (Wildman–Crippen LogP) is 2.77. The van der Waals surface area contributed by atoms with Crippen molar-refractivity contribution in [2.45, 2.75) is 26.4 Å². The molecule has 0 amide bonds. The first-order valence-corrected chi connectivity index (χ1v) is 6.74. The minimum absolute atomic E-state index is 0.628. The normalized spacial score (nSPS) is 22.0. The van der Waals surface area contributed by atoms with Crippen molar-refractivity contribution in [1.29, 1.82) is 0 Å². The molecular formula is C14H21ClN2. The van der Waals surface area contributed by atoms with Gasteiger partial charge in [0.1, 0.15) is 0 Å². The molecule has 1 unspecified atom stereocenters. The number of nitrogens with one attached hydrogen (secondary N) is 1. The van der Waals surface area contributed by atoms with Crippen LogP contribution >= 0.6 is 11.6 Å². The third-order valence-corrected chi connectivity index (χ3v) is 3.68. The quantitative estimate of drug-likeness (QED) is 0.890. The Labute approximate surface area is 109 Å². The number of hydrogen-bond donors (Lipinski definition) is 1. The van der Waals surface area contributed by atoms with Crippen molar-refractivity contribution in [3.05, 3.63) is 34.9 Å². The van der Waals surface area contributed by atoms with Gasteiger partial charge in [-0.1, -0.05) is 37.6 Å². The molecule has 0 aliphatic carbocycles. The molecule has 0 bridgehead atoms. The SMILES string of the molecule is CC(C)C1CNCCN1Cc1cccc(Cl)c1. The monoisotopic (exact) mass is 252 g/mol. The fourth-order valence-corrected chi connectivity index (χ4v) is 2.70. The van der Waals surface area contributed by atoms with Gasteiger partial charge in [-0.25, -0.2) is 0 Å². The van der Waals surface area contributed by atoms with Crippen molar-refractivity contribution in [1.82, 2.24) is 10.2 Å². The molecule has 17 heavy (non-hydrogen) atoms. The minimum Gasteiger partial charge on any atom is -0.314 e. The summed E-state index contributed by atoms with van der Waals surface area (Å²) < 4.78 is 0. The largest absolute Gasteiger partial charge is 0.314 e. The predicted molar refractivity (Wildman–Crippen MR) is 73.4 cm³/mol. The van der Waals surface area contributed by atoms with Crippen molar-refractivity contribution in [3.8, 4) is 0 Å². The third kappa shape index (κ3) is 3.44. The molecule has 2 nitrogen and oxygen atoms in total. The first kappa shape index (κ1) is 12.9. The molecular weight excluding hydrogens is 232 g/mol. The third-order valence-electron chi connectivity index (χ3n) is 3.44. The number of rotatable bonds is 3. The highest BCUT2D eigenvalue weighted by molar-refractivity contribution is 6.30. The molecule has 1 N–H and O–H groups in total. The molecule has 1 aromatic rings. The Morgan fingerprint density at radius 1 is 1.47 bits per heavy atom. The maximum absolute atomic E-state index is 6.03. The fraction of sp³-hybridized carbons (Fsp3) is 0.571. The van der Waals surface area contributed by atoms with Crippen molar-refractivity contribution in [3.63, 3.8) is 0 Å². The Kier molecular flexibility index (Phi) is 4.43. The van der Waals surface area contributed by atoms with Crippen molar-refractivity contribution < 1.29 is 0 Å². The van der Waals surface area contributed by atoms with Crippen LogP contribution < -0.4 is 5.32 Å². The second kappa shape index (κ2) is 5.85. The van der Waals surface area contributed by atoms with E-state index in [1.54, 1.807) is 0 Å². The van der Waals surface area contributed by atoms with E-state index in [1.165, 1.54) is 5.56 Å². The molecule has 1 heterocycles. The Morgan fingerprint density at radius 2 is 2.29 bits per heavy atom. The zero-order chi connectivity index (χ0) is 12.3. The van der Waals surface area contributed by atoms with Crippen LogP contribution in [0.4, 0.5) is 0 Å². The van der Waals surface area contributed by atoms with E-state index in [2.05, 4.69) is 36.2 Å². The number of benzene rings is 1.